The van der Waals surface area contributed by atoms with Crippen LogP contribution in [0.1, 0.15) is 10.5 Å². The minimum absolute atomic E-state index is 0.0367. The highest BCUT2D eigenvalue weighted by Gasteiger charge is 2.42. The van der Waals surface area contributed by atoms with Crippen LogP contribution < -0.4 is 0 Å². The largest absolute Gasteiger partial charge is 0.335 e. The van der Waals surface area contributed by atoms with Gasteiger partial charge in [-0.25, -0.2) is 18.4 Å². The molecule has 26 heavy (non-hydrogen) atoms. The summed E-state index contributed by atoms with van der Waals surface area (Å²) in [5.41, 5.74) is 1.30. The molecule has 1 aromatic carbocycles. The van der Waals surface area contributed by atoms with Gasteiger partial charge in [-0.05, 0) is 0 Å². The monoisotopic (exact) mass is 388 g/mol. The third kappa shape index (κ3) is 2.82. The quantitative estimate of drug-likeness (QED) is 0.681. The van der Waals surface area contributed by atoms with Crippen molar-refractivity contribution in [2.75, 3.05) is 13.1 Å². The van der Waals surface area contributed by atoms with E-state index in [2.05, 4.69) is 9.97 Å². The summed E-state index contributed by atoms with van der Waals surface area (Å²) in [7, 11) is -1.90. The van der Waals surface area contributed by atoms with Gasteiger partial charge in [-0.2, -0.15) is 0 Å². The fourth-order valence-corrected chi connectivity index (χ4v) is 5.34. The Labute approximate surface area is 154 Å². The van der Waals surface area contributed by atoms with Gasteiger partial charge in [0.1, 0.15) is 16.0 Å². The van der Waals surface area contributed by atoms with E-state index in [4.69, 9.17) is 0 Å². The maximum Gasteiger partial charge on any atom is 0.273 e. The van der Waals surface area contributed by atoms with Crippen LogP contribution in [-0.2, 0) is 16.9 Å². The van der Waals surface area contributed by atoms with Crippen LogP contribution in [0.3, 0.4) is 0 Å². The number of amides is 1. The first kappa shape index (κ1) is 16.9. The van der Waals surface area contributed by atoms with E-state index in [-0.39, 0.29) is 24.2 Å². The molecule has 0 unspecified atom stereocenters. The average Bonchev–Trinajstić information content (AvgIpc) is 3.23. The molecule has 9 heteroatoms. The molecule has 0 atom stereocenters. The molecule has 0 spiro atoms. The SMILES string of the molecule is Cn1ccnc1S(=O)(=O)C1CN(C(=O)c2csc(-c3ccccc3)n2)C1. The molecule has 1 aliphatic heterocycles. The van der Waals surface area contributed by atoms with Gasteiger partial charge in [0, 0.05) is 43.5 Å². The number of rotatable bonds is 4. The summed E-state index contributed by atoms with van der Waals surface area (Å²) in [5.74, 6) is -0.241. The van der Waals surface area contributed by atoms with Crippen molar-refractivity contribution in [1.82, 2.24) is 19.4 Å². The van der Waals surface area contributed by atoms with Crippen LogP contribution >= 0.6 is 11.3 Å². The molecule has 1 amide bonds. The van der Waals surface area contributed by atoms with Gasteiger partial charge in [0.15, 0.2) is 0 Å². The number of likely N-dealkylation sites (tertiary alicyclic amines) is 1. The lowest BCUT2D eigenvalue weighted by Crippen LogP contribution is -2.57. The Morgan fingerprint density at radius 1 is 1.23 bits per heavy atom. The lowest BCUT2D eigenvalue weighted by Gasteiger charge is -2.37. The number of thiazole rings is 1. The fraction of sp³-hybridized carbons (Fsp3) is 0.235. The molecule has 134 valence electrons. The molecule has 0 bridgehead atoms. The Balaban J connectivity index is 1.46. The van der Waals surface area contributed by atoms with Gasteiger partial charge in [0.05, 0.1) is 0 Å². The second kappa shape index (κ2) is 6.33. The lowest BCUT2D eigenvalue weighted by atomic mass is 10.2. The third-order valence-corrected chi connectivity index (χ3v) is 7.32. The molecule has 0 saturated carbocycles. The van der Waals surface area contributed by atoms with E-state index in [1.165, 1.54) is 27.0 Å². The number of aromatic nitrogens is 3. The molecule has 3 heterocycles. The number of imidazole rings is 1. The second-order valence-corrected chi connectivity index (χ2v) is 9.08. The van der Waals surface area contributed by atoms with Crippen molar-refractivity contribution in [3.05, 3.63) is 53.8 Å². The van der Waals surface area contributed by atoms with Gasteiger partial charge in [-0.1, -0.05) is 30.3 Å². The molecule has 1 saturated heterocycles. The van der Waals surface area contributed by atoms with Gasteiger partial charge in [-0.3, -0.25) is 4.79 Å². The summed E-state index contributed by atoms with van der Waals surface area (Å²) in [6.07, 6.45) is 3.05. The van der Waals surface area contributed by atoms with Gasteiger partial charge in [-0.15, -0.1) is 11.3 Å². The summed E-state index contributed by atoms with van der Waals surface area (Å²) in [6.45, 7) is 0.318. The molecule has 3 aromatic rings. The molecule has 1 fully saturated rings. The standard InChI is InChI=1S/C17H16N4O3S2/c1-20-8-7-18-17(20)26(23,24)13-9-21(10-13)16(22)14-11-25-15(19-14)12-5-3-2-4-6-12/h2-8,11,13H,9-10H2,1H3. The first-order valence-electron chi connectivity index (χ1n) is 7.98. The zero-order valence-corrected chi connectivity index (χ0v) is 15.6. The smallest absolute Gasteiger partial charge is 0.273 e. The van der Waals surface area contributed by atoms with Crippen LogP contribution in [0.15, 0.2) is 53.3 Å². The molecule has 4 rings (SSSR count). The molecule has 0 N–H and O–H groups in total. The number of aryl methyl sites for hydroxylation is 1. The number of carbonyl (C=O) groups excluding carboxylic acids is 1. The van der Waals surface area contributed by atoms with Crippen LogP contribution in [-0.4, -0.2) is 52.1 Å². The number of hydrogen-bond donors (Lipinski definition) is 0. The maximum atomic E-state index is 12.6. The van der Waals surface area contributed by atoms with E-state index >= 15 is 0 Å². The fourth-order valence-electron chi connectivity index (χ4n) is 2.82. The number of nitrogens with zero attached hydrogens (tertiary/aromatic N) is 4. The van der Waals surface area contributed by atoms with Gasteiger partial charge >= 0.3 is 0 Å². The van der Waals surface area contributed by atoms with Crippen molar-refractivity contribution in [2.45, 2.75) is 10.4 Å². The summed E-state index contributed by atoms with van der Waals surface area (Å²) in [6, 6.07) is 9.63. The summed E-state index contributed by atoms with van der Waals surface area (Å²) >= 11 is 1.40. The molecular formula is C17H16N4O3S2. The summed E-state index contributed by atoms with van der Waals surface area (Å²) < 4.78 is 26.6. The highest BCUT2D eigenvalue weighted by atomic mass is 32.2. The number of hydrogen-bond acceptors (Lipinski definition) is 6. The maximum absolute atomic E-state index is 12.6. The Morgan fingerprint density at radius 2 is 1.96 bits per heavy atom. The molecule has 0 radical (unpaired) electrons. The van der Waals surface area contributed by atoms with Crippen LogP contribution in [0.5, 0.6) is 0 Å². The predicted octanol–water partition coefficient (Wildman–Crippen LogP) is 1.84. The molecular weight excluding hydrogens is 372 g/mol. The van der Waals surface area contributed by atoms with E-state index < -0.39 is 15.1 Å². The highest BCUT2D eigenvalue weighted by Crippen LogP contribution is 2.27. The van der Waals surface area contributed by atoms with Crippen LogP contribution in [0.25, 0.3) is 10.6 Å². The van der Waals surface area contributed by atoms with E-state index in [1.807, 2.05) is 30.3 Å². The van der Waals surface area contributed by atoms with Crippen molar-refractivity contribution in [3.63, 3.8) is 0 Å². The van der Waals surface area contributed by atoms with E-state index in [0.717, 1.165) is 10.6 Å². The first-order valence-corrected chi connectivity index (χ1v) is 10.4. The summed E-state index contributed by atoms with van der Waals surface area (Å²) in [5, 5.41) is 1.90. The molecule has 7 nitrogen and oxygen atoms in total. The zero-order valence-electron chi connectivity index (χ0n) is 13.9. The van der Waals surface area contributed by atoms with Crippen LogP contribution in [0.4, 0.5) is 0 Å². The van der Waals surface area contributed by atoms with E-state index in [1.54, 1.807) is 18.6 Å². The van der Waals surface area contributed by atoms with Crippen molar-refractivity contribution >= 4 is 27.1 Å². The van der Waals surface area contributed by atoms with Crippen molar-refractivity contribution in [1.29, 1.82) is 0 Å². The van der Waals surface area contributed by atoms with Gasteiger partial charge in [0.25, 0.3) is 5.91 Å². The predicted molar refractivity (Wildman–Crippen MR) is 97.6 cm³/mol. The molecule has 1 aliphatic rings. The topological polar surface area (TPSA) is 85.2 Å². The van der Waals surface area contributed by atoms with Crippen molar-refractivity contribution in [3.8, 4) is 10.6 Å². The van der Waals surface area contributed by atoms with E-state index in [9.17, 15) is 13.2 Å². The number of carbonyl (C=O) groups is 1. The lowest BCUT2D eigenvalue weighted by molar-refractivity contribution is 0.0653. The van der Waals surface area contributed by atoms with E-state index in [0.29, 0.717) is 5.69 Å². The highest BCUT2D eigenvalue weighted by molar-refractivity contribution is 7.92. The zero-order chi connectivity index (χ0) is 18.3. The third-order valence-electron chi connectivity index (χ3n) is 4.35. The van der Waals surface area contributed by atoms with Gasteiger partial charge < -0.3 is 9.47 Å². The molecule has 2 aromatic heterocycles. The first-order chi connectivity index (χ1) is 12.5. The van der Waals surface area contributed by atoms with Crippen molar-refractivity contribution < 1.29 is 13.2 Å². The normalized spacial score (nSPS) is 15.0. The Morgan fingerprint density at radius 3 is 2.62 bits per heavy atom. The Bertz CT molecular complexity index is 1050. The molecule has 0 aliphatic carbocycles. The van der Waals surface area contributed by atoms with Gasteiger partial charge in [0.2, 0.25) is 15.0 Å². The van der Waals surface area contributed by atoms with Crippen molar-refractivity contribution in [2.24, 2.45) is 7.05 Å². The summed E-state index contributed by atoms with van der Waals surface area (Å²) in [4.78, 5) is 22.4. The minimum Gasteiger partial charge on any atom is -0.335 e. The number of sulfone groups is 1. The number of benzene rings is 1. The Kier molecular flexibility index (Phi) is 4.12. The second-order valence-electron chi connectivity index (χ2n) is 6.10. The van der Waals surface area contributed by atoms with Crippen LogP contribution in [0, 0.1) is 0 Å². The minimum atomic E-state index is -3.54. The van der Waals surface area contributed by atoms with Crippen LogP contribution in [0.2, 0.25) is 0 Å². The Hall–Kier alpha value is -2.52. The average molecular weight is 388 g/mol.